The number of benzene rings is 1. The van der Waals surface area contributed by atoms with E-state index in [9.17, 15) is 14.7 Å². The molecule has 2 aromatic rings. The molecule has 0 bridgehead atoms. The van der Waals surface area contributed by atoms with Gasteiger partial charge in [-0.2, -0.15) is 10.2 Å². The van der Waals surface area contributed by atoms with Crippen LogP contribution in [0.3, 0.4) is 0 Å². The Morgan fingerprint density at radius 3 is 2.33 bits per heavy atom. The normalized spacial score (nSPS) is 10.5. The second kappa shape index (κ2) is 6.42. The molecule has 21 heavy (non-hydrogen) atoms. The molecule has 0 aromatic heterocycles. The molecule has 0 aliphatic carbocycles. The summed E-state index contributed by atoms with van der Waals surface area (Å²) in [6.07, 6.45) is 0. The predicted octanol–water partition coefficient (Wildman–Crippen LogP) is 2.95. The van der Waals surface area contributed by atoms with Crippen molar-refractivity contribution in [1.29, 1.82) is 0 Å². The van der Waals surface area contributed by atoms with Gasteiger partial charge in [0.2, 0.25) is 5.43 Å². The first-order valence-corrected chi connectivity index (χ1v) is 6.03. The summed E-state index contributed by atoms with van der Waals surface area (Å²) in [5.74, 6) is -0.825. The van der Waals surface area contributed by atoms with E-state index in [1.807, 2.05) is 0 Å². The van der Waals surface area contributed by atoms with Crippen molar-refractivity contribution < 1.29 is 14.6 Å². The molecular formula is C15H12N2O4. The average molecular weight is 284 g/mol. The molecule has 0 fully saturated rings. The van der Waals surface area contributed by atoms with Gasteiger partial charge in [-0.15, -0.1) is 0 Å². The number of carbonyl (C=O) groups excluding carboxylic acids is 1. The van der Waals surface area contributed by atoms with Gasteiger partial charge in [-0.3, -0.25) is 4.79 Å². The molecular weight excluding hydrogens is 272 g/mol. The molecule has 0 atom stereocenters. The van der Waals surface area contributed by atoms with Crippen molar-refractivity contribution in [2.45, 2.75) is 0 Å². The van der Waals surface area contributed by atoms with Crippen LogP contribution in [0, 0.1) is 0 Å². The first kappa shape index (κ1) is 14.4. The zero-order chi connectivity index (χ0) is 15.2. The van der Waals surface area contributed by atoms with Gasteiger partial charge in [-0.05, 0) is 30.3 Å². The van der Waals surface area contributed by atoms with Gasteiger partial charge >= 0.3 is 5.97 Å². The summed E-state index contributed by atoms with van der Waals surface area (Å²) in [6.45, 7) is 0. The summed E-state index contributed by atoms with van der Waals surface area (Å²) in [7, 11) is 1.29. The van der Waals surface area contributed by atoms with Crippen molar-refractivity contribution in [3.05, 3.63) is 64.3 Å². The van der Waals surface area contributed by atoms with Crippen LogP contribution in [0.5, 0.6) is 5.75 Å². The maximum absolute atomic E-state index is 11.4. The lowest BCUT2D eigenvalue weighted by Crippen LogP contribution is -1.99. The molecule has 0 spiro atoms. The minimum Gasteiger partial charge on any atom is -0.504 e. The third-order valence-electron chi connectivity index (χ3n) is 2.60. The van der Waals surface area contributed by atoms with E-state index in [-0.39, 0.29) is 5.75 Å². The fraction of sp³-hybridized carbons (Fsp3) is 0.0667. The Morgan fingerprint density at radius 2 is 1.67 bits per heavy atom. The minimum atomic E-state index is -0.544. The van der Waals surface area contributed by atoms with Crippen LogP contribution in [0.1, 0.15) is 10.4 Å². The van der Waals surface area contributed by atoms with Crippen molar-refractivity contribution in [2.24, 2.45) is 10.2 Å². The molecule has 0 aliphatic heterocycles. The van der Waals surface area contributed by atoms with Crippen molar-refractivity contribution >= 4 is 17.3 Å². The van der Waals surface area contributed by atoms with E-state index < -0.39 is 11.4 Å². The van der Waals surface area contributed by atoms with Crippen LogP contribution >= 0.6 is 0 Å². The standard InChI is InChI=1S/C15H12N2O4/c1-21-15(20)10-4-2-5-11(8-10)16-17-12-6-3-7-13(18)14(19)9-12/h2-9H,1H3,(H,18,19). The molecule has 106 valence electrons. The van der Waals surface area contributed by atoms with Crippen LogP contribution in [0.25, 0.3) is 0 Å². The summed E-state index contributed by atoms with van der Waals surface area (Å²) in [5.41, 5.74) is 0.553. The lowest BCUT2D eigenvalue weighted by Gasteiger charge is -1.99. The van der Waals surface area contributed by atoms with E-state index in [0.717, 1.165) is 0 Å². The maximum Gasteiger partial charge on any atom is 0.337 e. The van der Waals surface area contributed by atoms with Gasteiger partial charge in [-0.25, -0.2) is 4.79 Å². The zero-order valence-corrected chi connectivity index (χ0v) is 11.2. The van der Waals surface area contributed by atoms with E-state index in [1.54, 1.807) is 18.2 Å². The van der Waals surface area contributed by atoms with Gasteiger partial charge in [0.1, 0.15) is 0 Å². The van der Waals surface area contributed by atoms with Gasteiger partial charge in [0, 0.05) is 6.07 Å². The van der Waals surface area contributed by atoms with E-state index >= 15 is 0 Å². The first-order valence-electron chi connectivity index (χ1n) is 6.03. The highest BCUT2D eigenvalue weighted by molar-refractivity contribution is 5.90. The second-order valence-electron chi connectivity index (χ2n) is 4.09. The van der Waals surface area contributed by atoms with Crippen LogP contribution < -0.4 is 5.43 Å². The third-order valence-corrected chi connectivity index (χ3v) is 2.60. The molecule has 0 aliphatic rings. The number of hydrogen-bond donors (Lipinski definition) is 1. The van der Waals surface area contributed by atoms with Crippen LogP contribution in [0.15, 0.2) is 63.6 Å². The van der Waals surface area contributed by atoms with Crippen LogP contribution in [0.4, 0.5) is 11.4 Å². The highest BCUT2D eigenvalue weighted by Crippen LogP contribution is 2.19. The number of aromatic hydroxyl groups is 1. The number of carbonyl (C=O) groups is 1. The number of azo groups is 1. The van der Waals surface area contributed by atoms with Crippen molar-refractivity contribution in [3.8, 4) is 5.75 Å². The van der Waals surface area contributed by atoms with Crippen molar-refractivity contribution in [1.82, 2.24) is 0 Å². The monoisotopic (exact) mass is 284 g/mol. The summed E-state index contributed by atoms with van der Waals surface area (Å²) in [4.78, 5) is 22.8. The lowest BCUT2D eigenvalue weighted by molar-refractivity contribution is 0.0601. The quantitative estimate of drug-likeness (QED) is 0.693. The Balaban J connectivity index is 2.30. The molecule has 0 radical (unpaired) electrons. The predicted molar refractivity (Wildman–Crippen MR) is 76.3 cm³/mol. The largest absolute Gasteiger partial charge is 0.504 e. The molecule has 0 heterocycles. The molecule has 6 nitrogen and oxygen atoms in total. The Bertz CT molecular complexity index is 757. The molecule has 0 unspecified atom stereocenters. The van der Waals surface area contributed by atoms with Crippen molar-refractivity contribution in [3.63, 3.8) is 0 Å². The Hall–Kier alpha value is -3.02. The molecule has 1 N–H and O–H groups in total. The number of ether oxygens (including phenoxy) is 1. The average Bonchev–Trinajstić information content (AvgIpc) is 2.66. The lowest BCUT2D eigenvalue weighted by atomic mass is 10.2. The van der Waals surface area contributed by atoms with Gasteiger partial charge in [-0.1, -0.05) is 12.1 Å². The number of nitrogens with zero attached hydrogens (tertiary/aromatic N) is 2. The number of methoxy groups -OCH3 is 1. The van der Waals surface area contributed by atoms with Crippen LogP contribution in [-0.4, -0.2) is 18.2 Å². The Morgan fingerprint density at radius 1 is 1.05 bits per heavy atom. The number of esters is 1. The highest BCUT2D eigenvalue weighted by Gasteiger charge is 2.05. The number of hydrogen-bond acceptors (Lipinski definition) is 6. The van der Waals surface area contributed by atoms with Gasteiger partial charge in [0.25, 0.3) is 0 Å². The summed E-state index contributed by atoms with van der Waals surface area (Å²) in [6, 6.07) is 11.9. The fourth-order valence-corrected chi connectivity index (χ4v) is 1.57. The summed E-state index contributed by atoms with van der Waals surface area (Å²) in [5, 5.41) is 17.1. The first-order chi connectivity index (χ1) is 10.1. The fourth-order valence-electron chi connectivity index (χ4n) is 1.57. The smallest absolute Gasteiger partial charge is 0.337 e. The number of rotatable bonds is 3. The Labute approximate surface area is 120 Å². The summed E-state index contributed by atoms with van der Waals surface area (Å²) >= 11 is 0. The minimum absolute atomic E-state index is 0.295. The summed E-state index contributed by atoms with van der Waals surface area (Å²) < 4.78 is 4.62. The molecule has 0 amide bonds. The van der Waals surface area contributed by atoms with Gasteiger partial charge < -0.3 is 9.84 Å². The molecule has 0 saturated carbocycles. The second-order valence-corrected chi connectivity index (χ2v) is 4.09. The molecule has 0 saturated heterocycles. The molecule has 2 rings (SSSR count). The van der Waals surface area contributed by atoms with Gasteiger partial charge in [0.15, 0.2) is 5.75 Å². The van der Waals surface area contributed by atoms with E-state index in [2.05, 4.69) is 15.0 Å². The Kier molecular flexibility index (Phi) is 4.40. The molecule has 2 aromatic carbocycles. The van der Waals surface area contributed by atoms with Crippen LogP contribution in [0.2, 0.25) is 0 Å². The SMILES string of the molecule is COC(=O)c1cccc(N=Nc2cccc(O)c(=O)c2)c1. The third kappa shape index (κ3) is 3.73. The van der Waals surface area contributed by atoms with Crippen molar-refractivity contribution in [2.75, 3.05) is 7.11 Å². The van der Waals surface area contributed by atoms with E-state index in [0.29, 0.717) is 16.9 Å². The van der Waals surface area contributed by atoms with E-state index in [1.165, 1.54) is 37.4 Å². The highest BCUT2D eigenvalue weighted by atomic mass is 16.5. The van der Waals surface area contributed by atoms with E-state index in [4.69, 9.17) is 0 Å². The van der Waals surface area contributed by atoms with Crippen LogP contribution in [-0.2, 0) is 4.74 Å². The zero-order valence-electron chi connectivity index (χ0n) is 11.2. The maximum atomic E-state index is 11.4. The molecule has 6 heteroatoms. The topological polar surface area (TPSA) is 88.3 Å². The van der Waals surface area contributed by atoms with Gasteiger partial charge in [0.05, 0.1) is 24.0 Å².